The van der Waals surface area contributed by atoms with Crippen LogP contribution in [0.2, 0.25) is 0 Å². The number of carboxylic acids is 1. The maximum atomic E-state index is 13.5. The molecule has 0 aromatic heterocycles. The Balaban J connectivity index is 2.80. The minimum absolute atomic E-state index is 0.397. The van der Waals surface area contributed by atoms with Crippen LogP contribution in [-0.4, -0.2) is 37.9 Å². The lowest BCUT2D eigenvalue weighted by molar-refractivity contribution is -0.131. The van der Waals surface area contributed by atoms with E-state index in [-0.39, 0.29) is 0 Å². The normalized spacial score (nSPS) is 10.9. The second-order valence-corrected chi connectivity index (χ2v) is 4.03. The summed E-state index contributed by atoms with van der Waals surface area (Å²) in [6, 6.07) is 4.43. The Morgan fingerprint density at radius 2 is 2.21 bits per heavy atom. The second kappa shape index (κ2) is 7.53. The standard InChI is InChI=1S/C14H18FNO3/c1-3-19-7-6-16(2)13-9-11(4-5-14(17)18)8-12(15)10-13/h4-5,8-10H,3,6-7H2,1-2H3,(H,17,18)/b5-4+. The summed E-state index contributed by atoms with van der Waals surface area (Å²) in [7, 11) is 1.83. The molecular weight excluding hydrogens is 249 g/mol. The highest BCUT2D eigenvalue weighted by atomic mass is 19.1. The highest BCUT2D eigenvalue weighted by Crippen LogP contribution is 2.18. The SMILES string of the molecule is CCOCCN(C)c1cc(F)cc(/C=C/C(=O)O)c1. The molecular formula is C14H18FNO3. The first-order chi connectivity index (χ1) is 9.02. The summed E-state index contributed by atoms with van der Waals surface area (Å²) >= 11 is 0. The fourth-order valence-electron chi connectivity index (χ4n) is 1.56. The van der Waals surface area contributed by atoms with Crippen molar-refractivity contribution in [3.05, 3.63) is 35.7 Å². The maximum absolute atomic E-state index is 13.5. The van der Waals surface area contributed by atoms with Gasteiger partial charge in [-0.25, -0.2) is 9.18 Å². The van der Waals surface area contributed by atoms with Gasteiger partial charge >= 0.3 is 5.97 Å². The van der Waals surface area contributed by atoms with E-state index in [1.54, 1.807) is 6.07 Å². The molecule has 0 aliphatic heterocycles. The third-order valence-electron chi connectivity index (χ3n) is 2.54. The van der Waals surface area contributed by atoms with E-state index >= 15 is 0 Å². The Bertz CT molecular complexity index is 460. The van der Waals surface area contributed by atoms with Crippen molar-refractivity contribution in [3.63, 3.8) is 0 Å². The van der Waals surface area contributed by atoms with E-state index in [2.05, 4.69) is 0 Å². The van der Waals surface area contributed by atoms with Crippen molar-refractivity contribution in [2.45, 2.75) is 6.92 Å². The zero-order valence-electron chi connectivity index (χ0n) is 11.1. The average Bonchev–Trinajstić information content (AvgIpc) is 2.36. The first-order valence-electron chi connectivity index (χ1n) is 6.03. The highest BCUT2D eigenvalue weighted by Gasteiger charge is 2.04. The molecule has 5 heteroatoms. The molecule has 0 heterocycles. The molecule has 0 radical (unpaired) electrons. The molecule has 1 N–H and O–H groups in total. The lowest BCUT2D eigenvalue weighted by Crippen LogP contribution is -2.22. The summed E-state index contributed by atoms with van der Waals surface area (Å²) < 4.78 is 18.7. The zero-order chi connectivity index (χ0) is 14.3. The predicted molar refractivity (Wildman–Crippen MR) is 72.8 cm³/mol. The molecule has 0 aliphatic rings. The third kappa shape index (κ3) is 5.52. The van der Waals surface area contributed by atoms with Gasteiger partial charge < -0.3 is 14.7 Å². The van der Waals surface area contributed by atoms with E-state index in [1.165, 1.54) is 18.2 Å². The summed E-state index contributed by atoms with van der Waals surface area (Å²) in [4.78, 5) is 12.3. The van der Waals surface area contributed by atoms with Gasteiger partial charge in [-0.2, -0.15) is 0 Å². The van der Waals surface area contributed by atoms with E-state index in [4.69, 9.17) is 9.84 Å². The lowest BCUT2D eigenvalue weighted by Gasteiger charge is -2.19. The van der Waals surface area contributed by atoms with E-state index in [1.807, 2.05) is 18.9 Å². The molecule has 0 amide bonds. The van der Waals surface area contributed by atoms with Crippen molar-refractivity contribution < 1.29 is 19.0 Å². The number of hydrogen-bond acceptors (Lipinski definition) is 3. The van der Waals surface area contributed by atoms with Crippen LogP contribution in [-0.2, 0) is 9.53 Å². The molecule has 0 saturated carbocycles. The van der Waals surface area contributed by atoms with Crippen LogP contribution in [0.25, 0.3) is 6.08 Å². The van der Waals surface area contributed by atoms with Crippen LogP contribution < -0.4 is 4.90 Å². The number of carboxylic acid groups (broad SMARTS) is 1. The Morgan fingerprint density at radius 3 is 2.84 bits per heavy atom. The molecule has 1 rings (SSSR count). The molecule has 0 unspecified atom stereocenters. The van der Waals surface area contributed by atoms with Crippen molar-refractivity contribution in [1.29, 1.82) is 0 Å². The average molecular weight is 267 g/mol. The third-order valence-corrected chi connectivity index (χ3v) is 2.54. The maximum Gasteiger partial charge on any atom is 0.328 e. The van der Waals surface area contributed by atoms with Crippen molar-refractivity contribution in [2.75, 3.05) is 31.7 Å². The number of ether oxygens (including phenoxy) is 1. The Hall–Kier alpha value is -1.88. The molecule has 0 saturated heterocycles. The van der Waals surface area contributed by atoms with Crippen LogP contribution in [0, 0.1) is 5.82 Å². The quantitative estimate of drug-likeness (QED) is 0.609. The van der Waals surface area contributed by atoms with Gasteiger partial charge in [-0.05, 0) is 36.8 Å². The van der Waals surface area contributed by atoms with Crippen molar-refractivity contribution in [1.82, 2.24) is 0 Å². The summed E-state index contributed by atoms with van der Waals surface area (Å²) in [5, 5.41) is 8.56. The smallest absolute Gasteiger partial charge is 0.328 e. The fourth-order valence-corrected chi connectivity index (χ4v) is 1.56. The number of aliphatic carboxylic acids is 1. The van der Waals surface area contributed by atoms with E-state index in [9.17, 15) is 9.18 Å². The lowest BCUT2D eigenvalue weighted by atomic mass is 10.1. The molecule has 4 nitrogen and oxygen atoms in total. The first kappa shape index (κ1) is 15.2. The molecule has 0 aliphatic carbocycles. The van der Waals surface area contributed by atoms with E-state index < -0.39 is 11.8 Å². The summed E-state index contributed by atoms with van der Waals surface area (Å²) in [6.45, 7) is 3.75. The number of likely N-dealkylation sites (N-methyl/N-ethyl adjacent to an activating group) is 1. The highest BCUT2D eigenvalue weighted by molar-refractivity contribution is 5.85. The Kier molecular flexibility index (Phi) is 6.02. The van der Waals surface area contributed by atoms with Gasteiger partial charge in [0.15, 0.2) is 0 Å². The first-order valence-corrected chi connectivity index (χ1v) is 6.03. The van der Waals surface area contributed by atoms with Gasteiger partial charge in [-0.1, -0.05) is 0 Å². The number of nitrogens with zero attached hydrogens (tertiary/aromatic N) is 1. The molecule has 1 aromatic carbocycles. The van der Waals surface area contributed by atoms with Gasteiger partial charge in [-0.15, -0.1) is 0 Å². The van der Waals surface area contributed by atoms with E-state index in [0.717, 1.165) is 6.08 Å². The van der Waals surface area contributed by atoms with Gasteiger partial charge in [0.2, 0.25) is 0 Å². The van der Waals surface area contributed by atoms with Crippen LogP contribution in [0.5, 0.6) is 0 Å². The zero-order valence-corrected chi connectivity index (χ0v) is 11.1. The van der Waals surface area contributed by atoms with Gasteiger partial charge in [0.05, 0.1) is 6.61 Å². The minimum Gasteiger partial charge on any atom is -0.478 e. The monoisotopic (exact) mass is 267 g/mol. The molecule has 0 bridgehead atoms. The van der Waals surface area contributed by atoms with Crippen molar-refractivity contribution in [2.24, 2.45) is 0 Å². The van der Waals surface area contributed by atoms with Crippen LogP contribution in [0.4, 0.5) is 10.1 Å². The fraction of sp³-hybridized carbons (Fsp3) is 0.357. The van der Waals surface area contributed by atoms with Gasteiger partial charge in [-0.3, -0.25) is 0 Å². The number of anilines is 1. The van der Waals surface area contributed by atoms with Crippen molar-refractivity contribution >= 4 is 17.7 Å². The Morgan fingerprint density at radius 1 is 1.47 bits per heavy atom. The number of benzene rings is 1. The largest absolute Gasteiger partial charge is 0.478 e. The number of hydrogen-bond donors (Lipinski definition) is 1. The summed E-state index contributed by atoms with van der Waals surface area (Å²) in [6.07, 6.45) is 2.35. The summed E-state index contributed by atoms with van der Waals surface area (Å²) in [5.74, 6) is -1.46. The number of rotatable bonds is 7. The summed E-state index contributed by atoms with van der Waals surface area (Å²) in [5.41, 5.74) is 1.20. The molecule has 0 atom stereocenters. The van der Waals surface area contributed by atoms with Gasteiger partial charge in [0.25, 0.3) is 0 Å². The van der Waals surface area contributed by atoms with Crippen LogP contribution in [0.3, 0.4) is 0 Å². The second-order valence-electron chi connectivity index (χ2n) is 4.03. The molecule has 1 aromatic rings. The Labute approximate surface area is 112 Å². The molecule has 19 heavy (non-hydrogen) atoms. The predicted octanol–water partition coefficient (Wildman–Crippen LogP) is 2.40. The van der Waals surface area contributed by atoms with Crippen LogP contribution >= 0.6 is 0 Å². The topological polar surface area (TPSA) is 49.8 Å². The molecule has 104 valence electrons. The molecule has 0 fully saturated rings. The van der Waals surface area contributed by atoms with Crippen LogP contribution in [0.1, 0.15) is 12.5 Å². The van der Waals surface area contributed by atoms with Gasteiger partial charge in [0, 0.05) is 32.0 Å². The van der Waals surface area contributed by atoms with Gasteiger partial charge in [0.1, 0.15) is 5.82 Å². The van der Waals surface area contributed by atoms with Crippen LogP contribution in [0.15, 0.2) is 24.3 Å². The number of halogens is 1. The molecule has 0 spiro atoms. The van der Waals surface area contributed by atoms with E-state index in [0.29, 0.717) is 31.0 Å². The van der Waals surface area contributed by atoms with Crippen molar-refractivity contribution in [3.8, 4) is 0 Å². The number of carbonyl (C=O) groups is 1. The minimum atomic E-state index is -1.06.